The lowest BCUT2D eigenvalue weighted by atomic mass is 10.1. The first-order valence-electron chi connectivity index (χ1n) is 10.2. The van der Waals surface area contributed by atoms with E-state index in [0.29, 0.717) is 19.5 Å². The van der Waals surface area contributed by atoms with Crippen LogP contribution in [0.2, 0.25) is 0 Å². The fraction of sp³-hybridized carbons (Fsp3) is 0.478. The van der Waals surface area contributed by atoms with Gasteiger partial charge in [-0.25, -0.2) is 0 Å². The predicted molar refractivity (Wildman–Crippen MR) is 112 cm³/mol. The zero-order valence-corrected chi connectivity index (χ0v) is 17.6. The number of hydrogen-bond donors (Lipinski definition) is 0. The van der Waals surface area contributed by atoms with E-state index in [1.807, 2.05) is 85.9 Å². The Labute approximate surface area is 168 Å². The van der Waals surface area contributed by atoms with E-state index in [1.165, 1.54) is 0 Å². The van der Waals surface area contributed by atoms with Crippen molar-refractivity contribution in [1.82, 2.24) is 14.4 Å². The normalized spacial score (nSPS) is 11.9. The molecule has 2 rings (SSSR count). The monoisotopic (exact) mass is 383 g/mol. The molecule has 5 heteroatoms. The molecule has 0 N–H and O–H groups in total. The fourth-order valence-electron chi connectivity index (χ4n) is 3.21. The van der Waals surface area contributed by atoms with Crippen LogP contribution in [0.3, 0.4) is 0 Å². The van der Waals surface area contributed by atoms with Gasteiger partial charge in [-0.05, 0) is 37.5 Å². The molecule has 2 aromatic rings. The number of nitrogens with zero attached hydrogens (tertiary/aromatic N) is 3. The van der Waals surface area contributed by atoms with Crippen LogP contribution in [0.15, 0.2) is 48.7 Å². The van der Waals surface area contributed by atoms with Crippen molar-refractivity contribution in [3.8, 4) is 0 Å². The zero-order valence-electron chi connectivity index (χ0n) is 17.6. The van der Waals surface area contributed by atoms with E-state index in [0.717, 1.165) is 24.1 Å². The maximum absolute atomic E-state index is 13.2. The molecule has 1 atom stereocenters. The molecule has 2 amide bonds. The standard InChI is InChI=1S/C23H33N3O2/c1-5-11-22(27)26(19(3)6-2)18-23(28)25(16-20-12-8-7-9-13-20)17-21-14-10-15-24(21)4/h7-10,12-15,19H,5-6,11,16-18H2,1-4H3/t19-/m1/s1. The Balaban J connectivity index is 2.20. The molecule has 0 unspecified atom stereocenters. The second kappa shape index (κ2) is 10.7. The number of carbonyl (C=O) groups is 2. The Morgan fingerprint density at radius 1 is 1.00 bits per heavy atom. The lowest BCUT2D eigenvalue weighted by Crippen LogP contribution is -2.46. The van der Waals surface area contributed by atoms with Gasteiger partial charge in [0.25, 0.3) is 0 Å². The lowest BCUT2D eigenvalue weighted by Gasteiger charge is -2.31. The summed E-state index contributed by atoms with van der Waals surface area (Å²) >= 11 is 0. The minimum atomic E-state index is -0.0187. The fourth-order valence-corrected chi connectivity index (χ4v) is 3.21. The first-order valence-corrected chi connectivity index (χ1v) is 10.2. The number of hydrogen-bond acceptors (Lipinski definition) is 2. The largest absolute Gasteiger partial charge is 0.353 e. The number of aryl methyl sites for hydroxylation is 1. The summed E-state index contributed by atoms with van der Waals surface area (Å²) in [5.74, 6) is 0.0403. The Kier molecular flexibility index (Phi) is 8.30. The topological polar surface area (TPSA) is 45.6 Å². The Morgan fingerprint density at radius 2 is 1.71 bits per heavy atom. The Hall–Kier alpha value is -2.56. The number of aromatic nitrogens is 1. The van der Waals surface area contributed by atoms with Gasteiger partial charge in [0, 0.05) is 37.9 Å². The van der Waals surface area contributed by atoms with Crippen molar-refractivity contribution in [3.05, 3.63) is 59.9 Å². The first kappa shape index (κ1) is 21.7. The molecule has 0 spiro atoms. The number of carbonyl (C=O) groups excluding carboxylic acids is 2. The SMILES string of the molecule is CCCC(=O)N(CC(=O)N(Cc1ccccc1)Cc1cccn1C)[C@H](C)CC. The molecule has 0 fully saturated rings. The van der Waals surface area contributed by atoms with E-state index in [9.17, 15) is 9.59 Å². The summed E-state index contributed by atoms with van der Waals surface area (Å²) in [7, 11) is 1.98. The van der Waals surface area contributed by atoms with Gasteiger partial charge in [-0.3, -0.25) is 9.59 Å². The molecular weight excluding hydrogens is 350 g/mol. The number of rotatable bonds is 10. The van der Waals surface area contributed by atoms with E-state index in [-0.39, 0.29) is 24.4 Å². The number of amides is 2. The van der Waals surface area contributed by atoms with E-state index >= 15 is 0 Å². The molecule has 152 valence electrons. The van der Waals surface area contributed by atoms with Crippen molar-refractivity contribution in [3.63, 3.8) is 0 Å². The van der Waals surface area contributed by atoms with Crippen LogP contribution in [-0.4, -0.2) is 38.8 Å². The first-order chi connectivity index (χ1) is 13.5. The van der Waals surface area contributed by atoms with Crippen LogP contribution in [0, 0.1) is 0 Å². The van der Waals surface area contributed by atoms with Crippen LogP contribution < -0.4 is 0 Å². The third-order valence-corrected chi connectivity index (χ3v) is 5.19. The third kappa shape index (κ3) is 5.98. The van der Waals surface area contributed by atoms with Crippen molar-refractivity contribution in [1.29, 1.82) is 0 Å². The molecule has 0 aliphatic rings. The highest BCUT2D eigenvalue weighted by Gasteiger charge is 2.24. The molecule has 1 aromatic heterocycles. The summed E-state index contributed by atoms with van der Waals surface area (Å²) in [6.45, 7) is 7.23. The Bertz CT molecular complexity index is 754. The molecule has 5 nitrogen and oxygen atoms in total. The van der Waals surface area contributed by atoms with Gasteiger partial charge in [-0.15, -0.1) is 0 Å². The average molecular weight is 384 g/mol. The van der Waals surface area contributed by atoms with Gasteiger partial charge >= 0.3 is 0 Å². The molecule has 0 bridgehead atoms. The molecule has 1 heterocycles. The molecular formula is C23H33N3O2. The Morgan fingerprint density at radius 3 is 2.29 bits per heavy atom. The smallest absolute Gasteiger partial charge is 0.242 e. The van der Waals surface area contributed by atoms with E-state index in [2.05, 4.69) is 0 Å². The molecule has 0 radical (unpaired) electrons. The van der Waals surface area contributed by atoms with Crippen LogP contribution in [0.4, 0.5) is 0 Å². The number of benzene rings is 1. The molecule has 0 aliphatic heterocycles. The van der Waals surface area contributed by atoms with Gasteiger partial charge in [0.1, 0.15) is 6.54 Å². The summed E-state index contributed by atoms with van der Waals surface area (Å²) in [5.41, 5.74) is 2.15. The summed E-state index contributed by atoms with van der Waals surface area (Å²) in [6.07, 6.45) is 4.08. The van der Waals surface area contributed by atoms with E-state index in [1.54, 1.807) is 4.90 Å². The molecule has 0 aliphatic carbocycles. The minimum Gasteiger partial charge on any atom is -0.353 e. The van der Waals surface area contributed by atoms with Crippen LogP contribution in [0.1, 0.15) is 51.3 Å². The van der Waals surface area contributed by atoms with Gasteiger partial charge in [0.05, 0.1) is 6.54 Å². The van der Waals surface area contributed by atoms with Gasteiger partial charge in [-0.2, -0.15) is 0 Å². The molecule has 28 heavy (non-hydrogen) atoms. The van der Waals surface area contributed by atoms with Crippen molar-refractivity contribution >= 4 is 11.8 Å². The van der Waals surface area contributed by atoms with Gasteiger partial charge in [-0.1, -0.05) is 44.2 Å². The van der Waals surface area contributed by atoms with Crippen LogP contribution in [0.5, 0.6) is 0 Å². The second-order valence-corrected chi connectivity index (χ2v) is 7.37. The summed E-state index contributed by atoms with van der Waals surface area (Å²) in [6, 6.07) is 14.1. The van der Waals surface area contributed by atoms with E-state index < -0.39 is 0 Å². The van der Waals surface area contributed by atoms with E-state index in [4.69, 9.17) is 0 Å². The molecule has 0 saturated heterocycles. The zero-order chi connectivity index (χ0) is 20.5. The quantitative estimate of drug-likeness (QED) is 0.623. The van der Waals surface area contributed by atoms with Crippen LogP contribution >= 0.6 is 0 Å². The van der Waals surface area contributed by atoms with Gasteiger partial charge in [0.2, 0.25) is 11.8 Å². The van der Waals surface area contributed by atoms with Crippen LogP contribution in [-0.2, 0) is 29.7 Å². The lowest BCUT2D eigenvalue weighted by molar-refractivity contribution is -0.143. The average Bonchev–Trinajstić information content (AvgIpc) is 3.10. The van der Waals surface area contributed by atoms with Crippen LogP contribution in [0.25, 0.3) is 0 Å². The third-order valence-electron chi connectivity index (χ3n) is 5.19. The van der Waals surface area contributed by atoms with Crippen molar-refractivity contribution in [2.45, 2.75) is 59.2 Å². The van der Waals surface area contributed by atoms with Crippen molar-refractivity contribution < 1.29 is 9.59 Å². The highest BCUT2D eigenvalue weighted by molar-refractivity contribution is 5.85. The summed E-state index contributed by atoms with van der Waals surface area (Å²) in [5, 5.41) is 0. The van der Waals surface area contributed by atoms with Gasteiger partial charge < -0.3 is 14.4 Å². The van der Waals surface area contributed by atoms with Crippen molar-refractivity contribution in [2.24, 2.45) is 7.05 Å². The minimum absolute atomic E-state index is 0.0187. The maximum atomic E-state index is 13.2. The summed E-state index contributed by atoms with van der Waals surface area (Å²) < 4.78 is 2.03. The highest BCUT2D eigenvalue weighted by atomic mass is 16.2. The van der Waals surface area contributed by atoms with Crippen molar-refractivity contribution in [2.75, 3.05) is 6.54 Å². The summed E-state index contributed by atoms with van der Waals surface area (Å²) in [4.78, 5) is 29.4. The maximum Gasteiger partial charge on any atom is 0.242 e. The second-order valence-electron chi connectivity index (χ2n) is 7.37. The predicted octanol–water partition coefficient (Wildman–Crippen LogP) is 3.98. The molecule has 0 saturated carbocycles. The highest BCUT2D eigenvalue weighted by Crippen LogP contribution is 2.14. The molecule has 1 aromatic carbocycles. The van der Waals surface area contributed by atoms with Gasteiger partial charge in [0.15, 0.2) is 0 Å².